The summed E-state index contributed by atoms with van der Waals surface area (Å²) in [5.41, 5.74) is 0.0529. The lowest BCUT2D eigenvalue weighted by Gasteiger charge is -2.27. The lowest BCUT2D eigenvalue weighted by atomic mass is 9.96. The molecule has 0 aliphatic rings. The number of aliphatic carboxylic acids is 1. The molecule has 0 bridgehead atoms. The van der Waals surface area contributed by atoms with Crippen LogP contribution in [-0.2, 0) is 4.79 Å². The third-order valence-electron chi connectivity index (χ3n) is 2.64. The van der Waals surface area contributed by atoms with E-state index in [1.54, 1.807) is 11.9 Å². The molecule has 0 aromatic rings. The molecule has 1 atom stereocenters. The van der Waals surface area contributed by atoms with E-state index in [1.807, 2.05) is 6.92 Å². The SMILES string of the molecule is CCC(CNC(=O)N(C)CC(C)(C)C)CC(=O)O. The van der Waals surface area contributed by atoms with Gasteiger partial charge in [-0.1, -0.05) is 34.1 Å². The van der Waals surface area contributed by atoms with E-state index in [4.69, 9.17) is 5.11 Å². The molecule has 0 spiro atoms. The zero-order valence-corrected chi connectivity index (χ0v) is 12.1. The van der Waals surface area contributed by atoms with E-state index in [0.29, 0.717) is 13.1 Å². The zero-order valence-electron chi connectivity index (χ0n) is 12.1. The van der Waals surface area contributed by atoms with Crippen molar-refractivity contribution in [1.82, 2.24) is 10.2 Å². The van der Waals surface area contributed by atoms with Gasteiger partial charge in [-0.25, -0.2) is 4.79 Å². The Labute approximate surface area is 110 Å². The number of rotatable bonds is 6. The number of carbonyl (C=O) groups is 2. The maximum atomic E-state index is 11.8. The predicted octanol–water partition coefficient (Wildman–Crippen LogP) is 2.17. The summed E-state index contributed by atoms with van der Waals surface area (Å²) in [6, 6.07) is -0.145. The van der Waals surface area contributed by atoms with Crippen LogP contribution in [0.1, 0.15) is 40.5 Å². The predicted molar refractivity (Wildman–Crippen MR) is 71.5 cm³/mol. The van der Waals surface area contributed by atoms with E-state index in [9.17, 15) is 9.59 Å². The summed E-state index contributed by atoms with van der Waals surface area (Å²) < 4.78 is 0. The monoisotopic (exact) mass is 258 g/mol. The van der Waals surface area contributed by atoms with E-state index in [-0.39, 0.29) is 23.8 Å². The number of hydrogen-bond donors (Lipinski definition) is 2. The number of nitrogens with one attached hydrogen (secondary N) is 1. The Balaban J connectivity index is 4.11. The number of carbonyl (C=O) groups excluding carboxylic acids is 1. The van der Waals surface area contributed by atoms with Crippen LogP contribution in [0, 0.1) is 11.3 Å². The lowest BCUT2D eigenvalue weighted by Crippen LogP contribution is -2.43. The second-order valence-corrected chi connectivity index (χ2v) is 5.97. The van der Waals surface area contributed by atoms with Gasteiger partial charge < -0.3 is 15.3 Å². The minimum Gasteiger partial charge on any atom is -0.481 e. The fourth-order valence-corrected chi connectivity index (χ4v) is 1.76. The van der Waals surface area contributed by atoms with Crippen molar-refractivity contribution < 1.29 is 14.7 Å². The van der Waals surface area contributed by atoms with Crippen molar-refractivity contribution in [3.05, 3.63) is 0 Å². The quantitative estimate of drug-likeness (QED) is 0.767. The topological polar surface area (TPSA) is 69.6 Å². The molecule has 18 heavy (non-hydrogen) atoms. The fraction of sp³-hybridized carbons (Fsp3) is 0.846. The van der Waals surface area contributed by atoms with E-state index in [1.165, 1.54) is 0 Å². The molecule has 0 rings (SSSR count). The van der Waals surface area contributed by atoms with Crippen molar-refractivity contribution in [1.29, 1.82) is 0 Å². The van der Waals surface area contributed by atoms with Crippen molar-refractivity contribution >= 4 is 12.0 Å². The molecule has 0 heterocycles. The van der Waals surface area contributed by atoms with Gasteiger partial charge in [0.2, 0.25) is 0 Å². The molecule has 0 aromatic carbocycles. The van der Waals surface area contributed by atoms with E-state index >= 15 is 0 Å². The van der Waals surface area contributed by atoms with Gasteiger partial charge in [-0.15, -0.1) is 0 Å². The fourth-order valence-electron chi connectivity index (χ4n) is 1.76. The van der Waals surface area contributed by atoms with Gasteiger partial charge in [0.1, 0.15) is 0 Å². The lowest BCUT2D eigenvalue weighted by molar-refractivity contribution is -0.138. The number of carboxylic acid groups (broad SMARTS) is 1. The highest BCUT2D eigenvalue weighted by atomic mass is 16.4. The summed E-state index contributed by atoms with van der Waals surface area (Å²) in [6.45, 7) is 9.20. The molecule has 2 amide bonds. The van der Waals surface area contributed by atoms with Crippen molar-refractivity contribution in [3.8, 4) is 0 Å². The number of amides is 2. The highest BCUT2D eigenvalue weighted by Gasteiger charge is 2.18. The van der Waals surface area contributed by atoms with E-state index in [2.05, 4.69) is 26.1 Å². The molecule has 0 fully saturated rings. The van der Waals surface area contributed by atoms with Crippen LogP contribution in [0.15, 0.2) is 0 Å². The summed E-state index contributed by atoms with van der Waals surface area (Å²) in [5.74, 6) is -0.825. The minimum atomic E-state index is -0.820. The first-order valence-electron chi connectivity index (χ1n) is 6.36. The molecule has 2 N–H and O–H groups in total. The first-order valence-corrected chi connectivity index (χ1v) is 6.36. The second-order valence-electron chi connectivity index (χ2n) is 5.97. The average molecular weight is 258 g/mol. The molecule has 1 unspecified atom stereocenters. The van der Waals surface area contributed by atoms with Crippen molar-refractivity contribution in [2.24, 2.45) is 11.3 Å². The summed E-state index contributed by atoms with van der Waals surface area (Å²) in [4.78, 5) is 24.0. The Kier molecular flexibility index (Phi) is 6.73. The molecular weight excluding hydrogens is 232 g/mol. The largest absolute Gasteiger partial charge is 0.481 e. The second kappa shape index (κ2) is 7.24. The van der Waals surface area contributed by atoms with Gasteiger partial charge in [-0.2, -0.15) is 0 Å². The third-order valence-corrected chi connectivity index (χ3v) is 2.64. The van der Waals surface area contributed by atoms with Crippen LogP contribution >= 0.6 is 0 Å². The van der Waals surface area contributed by atoms with Crippen LogP contribution in [0.2, 0.25) is 0 Å². The summed E-state index contributed by atoms with van der Waals surface area (Å²) >= 11 is 0. The van der Waals surface area contributed by atoms with E-state index < -0.39 is 5.97 Å². The molecule has 0 aliphatic carbocycles. The minimum absolute atomic E-state index is 0.00510. The maximum Gasteiger partial charge on any atom is 0.317 e. The highest BCUT2D eigenvalue weighted by Crippen LogP contribution is 2.14. The van der Waals surface area contributed by atoms with Crippen LogP contribution in [-0.4, -0.2) is 42.1 Å². The van der Waals surface area contributed by atoms with Crippen LogP contribution in [0.25, 0.3) is 0 Å². The van der Waals surface area contributed by atoms with E-state index in [0.717, 1.165) is 6.42 Å². The van der Waals surface area contributed by atoms with Gasteiger partial charge in [-0.3, -0.25) is 4.79 Å². The average Bonchev–Trinajstić information content (AvgIpc) is 2.20. The summed E-state index contributed by atoms with van der Waals surface area (Å²) in [6.07, 6.45) is 0.843. The van der Waals surface area contributed by atoms with Crippen LogP contribution in [0.5, 0.6) is 0 Å². The molecule has 0 aromatic heterocycles. The number of carboxylic acids is 1. The molecule has 0 radical (unpaired) electrons. The van der Waals surface area contributed by atoms with Crippen LogP contribution in [0.4, 0.5) is 4.79 Å². The van der Waals surface area contributed by atoms with Crippen LogP contribution in [0.3, 0.4) is 0 Å². The van der Waals surface area contributed by atoms with Crippen molar-refractivity contribution in [2.45, 2.75) is 40.5 Å². The van der Waals surface area contributed by atoms with Crippen molar-refractivity contribution in [2.75, 3.05) is 20.1 Å². The van der Waals surface area contributed by atoms with Gasteiger partial charge >= 0.3 is 12.0 Å². The Hall–Kier alpha value is -1.26. The first-order chi connectivity index (χ1) is 8.15. The third kappa shape index (κ3) is 7.92. The molecule has 5 nitrogen and oxygen atoms in total. The Morgan fingerprint density at radius 1 is 1.33 bits per heavy atom. The van der Waals surface area contributed by atoms with Crippen LogP contribution < -0.4 is 5.32 Å². The summed E-state index contributed by atoms with van der Waals surface area (Å²) in [7, 11) is 1.75. The van der Waals surface area contributed by atoms with Gasteiger partial charge in [0.15, 0.2) is 0 Å². The van der Waals surface area contributed by atoms with Crippen molar-refractivity contribution in [3.63, 3.8) is 0 Å². The standard InChI is InChI=1S/C13H26N2O3/c1-6-10(7-11(16)17)8-14-12(18)15(5)9-13(2,3)4/h10H,6-9H2,1-5H3,(H,14,18)(H,16,17). The Morgan fingerprint density at radius 2 is 1.89 bits per heavy atom. The van der Waals surface area contributed by atoms with Gasteiger partial charge in [0, 0.05) is 26.6 Å². The molecule has 0 aliphatic heterocycles. The Morgan fingerprint density at radius 3 is 2.28 bits per heavy atom. The Bertz CT molecular complexity index is 284. The summed E-state index contributed by atoms with van der Waals surface area (Å²) in [5, 5.41) is 11.5. The van der Waals surface area contributed by atoms with Gasteiger partial charge in [0.25, 0.3) is 0 Å². The molecule has 106 valence electrons. The number of nitrogens with zero attached hydrogens (tertiary/aromatic N) is 1. The zero-order chi connectivity index (χ0) is 14.3. The number of urea groups is 1. The molecule has 5 heteroatoms. The normalized spacial score (nSPS) is 12.9. The van der Waals surface area contributed by atoms with Gasteiger partial charge in [-0.05, 0) is 11.3 Å². The highest BCUT2D eigenvalue weighted by molar-refractivity contribution is 5.74. The maximum absolute atomic E-state index is 11.8. The molecule has 0 saturated heterocycles. The molecule has 0 saturated carbocycles. The number of hydrogen-bond acceptors (Lipinski definition) is 2. The van der Waals surface area contributed by atoms with Gasteiger partial charge in [0.05, 0.1) is 0 Å². The smallest absolute Gasteiger partial charge is 0.317 e. The first kappa shape index (κ1) is 16.7. The molecular formula is C13H26N2O3.